The first-order valence-electron chi connectivity index (χ1n) is 8.55. The van der Waals surface area contributed by atoms with Crippen LogP contribution in [-0.2, 0) is 4.79 Å². The smallest absolute Gasteiger partial charge is 0.317 e. The highest BCUT2D eigenvalue weighted by Crippen LogP contribution is 2.14. The van der Waals surface area contributed by atoms with E-state index in [1.54, 1.807) is 0 Å². The number of likely N-dealkylation sites (N-methyl/N-ethyl adjacent to an activating group) is 1. The van der Waals surface area contributed by atoms with Gasteiger partial charge in [-0.3, -0.25) is 9.69 Å². The zero-order valence-electron chi connectivity index (χ0n) is 15.8. The van der Waals surface area contributed by atoms with Gasteiger partial charge in [0.15, 0.2) is 0 Å². The van der Waals surface area contributed by atoms with Crippen LogP contribution in [-0.4, -0.2) is 66.5 Å². The summed E-state index contributed by atoms with van der Waals surface area (Å²) >= 11 is 0. The molecule has 1 unspecified atom stereocenters. The number of piperidine rings is 1. The first kappa shape index (κ1) is 19.7. The van der Waals surface area contributed by atoms with Gasteiger partial charge in [0.1, 0.15) is 0 Å². The van der Waals surface area contributed by atoms with E-state index in [0.717, 1.165) is 12.8 Å². The third-order valence-corrected chi connectivity index (χ3v) is 4.07. The number of urea groups is 1. The summed E-state index contributed by atoms with van der Waals surface area (Å²) in [7, 11) is 3.87. The minimum absolute atomic E-state index is 0.0179. The van der Waals surface area contributed by atoms with Crippen LogP contribution in [0.15, 0.2) is 0 Å². The Morgan fingerprint density at radius 2 is 1.65 bits per heavy atom. The summed E-state index contributed by atoms with van der Waals surface area (Å²) in [6, 6.07) is 0.0234. The first-order chi connectivity index (χ1) is 10.5. The number of nitrogens with zero attached hydrogens (tertiary/aromatic N) is 2. The second kappa shape index (κ2) is 7.99. The van der Waals surface area contributed by atoms with Crippen LogP contribution in [0.5, 0.6) is 0 Å². The van der Waals surface area contributed by atoms with E-state index in [1.807, 2.05) is 44.7 Å². The van der Waals surface area contributed by atoms with E-state index in [2.05, 4.69) is 24.5 Å². The van der Waals surface area contributed by atoms with Crippen molar-refractivity contribution in [2.45, 2.75) is 65.1 Å². The van der Waals surface area contributed by atoms with Crippen molar-refractivity contribution in [1.82, 2.24) is 20.4 Å². The second-order valence-electron chi connectivity index (χ2n) is 8.10. The van der Waals surface area contributed by atoms with Gasteiger partial charge in [0.05, 0.1) is 6.04 Å². The molecule has 134 valence electrons. The Balaban J connectivity index is 2.47. The Morgan fingerprint density at radius 1 is 1.13 bits per heavy atom. The summed E-state index contributed by atoms with van der Waals surface area (Å²) in [6.07, 6.45) is 1.61. The molecule has 0 saturated carbocycles. The summed E-state index contributed by atoms with van der Waals surface area (Å²) in [5.74, 6) is 0.352. The summed E-state index contributed by atoms with van der Waals surface area (Å²) in [6.45, 7) is 11.4. The van der Waals surface area contributed by atoms with Gasteiger partial charge in [-0.2, -0.15) is 0 Å². The maximum atomic E-state index is 12.5. The SMILES string of the molecule is CC(C)C(C(=O)NC1CCN(C(=O)NC(C)(C)C)CC1)N(C)C. The molecule has 6 nitrogen and oxygen atoms in total. The number of amides is 3. The molecule has 0 radical (unpaired) electrons. The zero-order chi connectivity index (χ0) is 17.8. The second-order valence-corrected chi connectivity index (χ2v) is 8.10. The minimum atomic E-state index is -0.224. The Hall–Kier alpha value is -1.30. The van der Waals surface area contributed by atoms with Crippen molar-refractivity contribution in [3.63, 3.8) is 0 Å². The summed E-state index contributed by atoms with van der Waals surface area (Å²) in [5.41, 5.74) is -0.224. The van der Waals surface area contributed by atoms with Crippen molar-refractivity contribution in [2.24, 2.45) is 5.92 Å². The van der Waals surface area contributed by atoms with Gasteiger partial charge >= 0.3 is 6.03 Å². The molecule has 0 aromatic carbocycles. The zero-order valence-corrected chi connectivity index (χ0v) is 15.8. The highest BCUT2D eigenvalue weighted by molar-refractivity contribution is 5.82. The standard InChI is InChI=1S/C17H34N4O2/c1-12(2)14(20(6)7)15(22)18-13-8-10-21(11-9-13)16(23)19-17(3,4)5/h12-14H,8-11H2,1-7H3,(H,18,22)(H,19,23). The third-order valence-electron chi connectivity index (χ3n) is 4.07. The Bertz CT molecular complexity index is 399. The summed E-state index contributed by atoms with van der Waals surface area (Å²) < 4.78 is 0. The molecule has 3 amide bonds. The van der Waals surface area contributed by atoms with Gasteiger partial charge in [0, 0.05) is 24.7 Å². The van der Waals surface area contributed by atoms with Crippen molar-refractivity contribution in [1.29, 1.82) is 0 Å². The summed E-state index contributed by atoms with van der Waals surface area (Å²) in [5, 5.41) is 6.14. The van der Waals surface area contributed by atoms with Crippen molar-refractivity contribution in [2.75, 3.05) is 27.2 Å². The number of carbonyl (C=O) groups excluding carboxylic acids is 2. The molecule has 1 aliphatic rings. The number of nitrogens with one attached hydrogen (secondary N) is 2. The Kier molecular flexibility index (Phi) is 6.86. The number of hydrogen-bond donors (Lipinski definition) is 2. The van der Waals surface area contributed by atoms with E-state index in [0.29, 0.717) is 13.1 Å². The van der Waals surface area contributed by atoms with Crippen LogP contribution in [0, 0.1) is 5.92 Å². The van der Waals surface area contributed by atoms with Crippen LogP contribution in [0.25, 0.3) is 0 Å². The van der Waals surface area contributed by atoms with Crippen LogP contribution in [0.2, 0.25) is 0 Å². The predicted octanol–water partition coefficient (Wildman–Crippen LogP) is 1.66. The molecule has 1 rings (SSSR count). The molecule has 1 atom stereocenters. The lowest BCUT2D eigenvalue weighted by atomic mass is 10.00. The maximum Gasteiger partial charge on any atom is 0.317 e. The molecule has 0 aromatic rings. The molecule has 23 heavy (non-hydrogen) atoms. The molecule has 0 aromatic heterocycles. The van der Waals surface area contributed by atoms with Crippen LogP contribution in [0.4, 0.5) is 4.79 Å². The van der Waals surface area contributed by atoms with Crippen molar-refractivity contribution in [3.8, 4) is 0 Å². The third kappa shape index (κ3) is 6.37. The monoisotopic (exact) mass is 326 g/mol. The van der Waals surface area contributed by atoms with E-state index < -0.39 is 0 Å². The maximum absolute atomic E-state index is 12.5. The first-order valence-corrected chi connectivity index (χ1v) is 8.55. The van der Waals surface area contributed by atoms with Crippen LogP contribution in [0.3, 0.4) is 0 Å². The van der Waals surface area contributed by atoms with E-state index in [4.69, 9.17) is 0 Å². The lowest BCUT2D eigenvalue weighted by Crippen LogP contribution is -2.55. The van der Waals surface area contributed by atoms with Crippen molar-refractivity contribution >= 4 is 11.9 Å². The lowest BCUT2D eigenvalue weighted by Gasteiger charge is -2.36. The largest absolute Gasteiger partial charge is 0.352 e. The topological polar surface area (TPSA) is 64.7 Å². The molecule has 0 bridgehead atoms. The molecule has 6 heteroatoms. The molecular weight excluding hydrogens is 292 g/mol. The summed E-state index contributed by atoms with van der Waals surface area (Å²) in [4.78, 5) is 28.4. The van der Waals surface area contributed by atoms with Gasteiger partial charge in [-0.15, -0.1) is 0 Å². The lowest BCUT2D eigenvalue weighted by molar-refractivity contribution is -0.127. The van der Waals surface area contributed by atoms with Crippen molar-refractivity contribution < 1.29 is 9.59 Å². The highest BCUT2D eigenvalue weighted by Gasteiger charge is 2.29. The average molecular weight is 326 g/mol. The van der Waals surface area contributed by atoms with E-state index >= 15 is 0 Å². The quantitative estimate of drug-likeness (QED) is 0.826. The normalized spacial score (nSPS) is 18.2. The molecule has 1 aliphatic heterocycles. The van der Waals surface area contributed by atoms with Gasteiger partial charge < -0.3 is 15.5 Å². The number of hydrogen-bond acceptors (Lipinski definition) is 3. The Labute approximate surface area is 141 Å². The van der Waals surface area contributed by atoms with Gasteiger partial charge in [0.25, 0.3) is 0 Å². The Morgan fingerprint density at radius 3 is 2.04 bits per heavy atom. The number of rotatable bonds is 4. The van der Waals surface area contributed by atoms with E-state index in [1.165, 1.54) is 0 Å². The molecule has 1 fully saturated rings. The van der Waals surface area contributed by atoms with Crippen LogP contribution >= 0.6 is 0 Å². The van der Waals surface area contributed by atoms with Gasteiger partial charge in [0.2, 0.25) is 5.91 Å². The van der Waals surface area contributed by atoms with Gasteiger partial charge in [-0.25, -0.2) is 4.79 Å². The molecule has 2 N–H and O–H groups in total. The van der Waals surface area contributed by atoms with E-state index in [-0.39, 0.29) is 35.5 Å². The average Bonchev–Trinajstić information content (AvgIpc) is 2.36. The predicted molar refractivity (Wildman–Crippen MR) is 93.3 cm³/mol. The molecule has 0 spiro atoms. The van der Waals surface area contributed by atoms with Gasteiger partial charge in [-0.05, 0) is 53.6 Å². The van der Waals surface area contributed by atoms with Crippen LogP contribution < -0.4 is 10.6 Å². The minimum Gasteiger partial charge on any atom is -0.352 e. The number of likely N-dealkylation sites (tertiary alicyclic amines) is 1. The molecule has 1 heterocycles. The molecular formula is C17H34N4O2. The molecule has 0 aliphatic carbocycles. The van der Waals surface area contributed by atoms with Crippen molar-refractivity contribution in [3.05, 3.63) is 0 Å². The van der Waals surface area contributed by atoms with E-state index in [9.17, 15) is 9.59 Å². The highest BCUT2D eigenvalue weighted by atomic mass is 16.2. The molecule has 1 saturated heterocycles. The fourth-order valence-electron chi connectivity index (χ4n) is 3.05. The number of carbonyl (C=O) groups is 2. The van der Waals surface area contributed by atoms with Crippen LogP contribution in [0.1, 0.15) is 47.5 Å². The van der Waals surface area contributed by atoms with Gasteiger partial charge in [-0.1, -0.05) is 13.8 Å². The fourth-order valence-corrected chi connectivity index (χ4v) is 3.05. The fraction of sp³-hybridized carbons (Fsp3) is 0.882.